The van der Waals surface area contributed by atoms with Crippen LogP contribution in [0.25, 0.3) is 0 Å². The maximum atomic E-state index is 2.50. The topological polar surface area (TPSA) is 0 Å². The molecule has 0 aliphatic carbocycles. The third kappa shape index (κ3) is 10.5. The SMILES string of the molecule is CCCCCCC[CH2][GeH]([CH3])[CH3]. The van der Waals surface area contributed by atoms with Gasteiger partial charge in [-0.25, -0.2) is 0 Å². The molecule has 0 aliphatic heterocycles. The second-order valence-corrected chi connectivity index (χ2v) is 11.0. The van der Waals surface area contributed by atoms with Crippen LogP contribution < -0.4 is 0 Å². The van der Waals surface area contributed by atoms with Crippen LogP contribution in [0.1, 0.15) is 45.4 Å². The van der Waals surface area contributed by atoms with Crippen LogP contribution in [0.15, 0.2) is 0 Å². The molecular weight excluding hydrogens is 193 g/mol. The van der Waals surface area contributed by atoms with Gasteiger partial charge in [0.15, 0.2) is 0 Å². The fourth-order valence-electron chi connectivity index (χ4n) is 1.33. The average Bonchev–Trinajstić information content (AvgIpc) is 1.96. The molecule has 11 heavy (non-hydrogen) atoms. The summed E-state index contributed by atoms with van der Waals surface area (Å²) in [4.78, 5) is 0. The van der Waals surface area contributed by atoms with E-state index in [0.717, 1.165) is 0 Å². The van der Waals surface area contributed by atoms with Crippen LogP contribution >= 0.6 is 0 Å². The molecule has 0 rings (SSSR count). The summed E-state index contributed by atoms with van der Waals surface area (Å²) in [6, 6.07) is 0. The predicted molar refractivity (Wildman–Crippen MR) is 57.1 cm³/mol. The van der Waals surface area contributed by atoms with E-state index in [-0.39, 0.29) is 0 Å². The van der Waals surface area contributed by atoms with Crippen LogP contribution in [0.4, 0.5) is 0 Å². The Morgan fingerprint density at radius 2 is 1.36 bits per heavy atom. The van der Waals surface area contributed by atoms with E-state index in [9.17, 15) is 0 Å². The van der Waals surface area contributed by atoms with Gasteiger partial charge in [-0.1, -0.05) is 0 Å². The Bertz CT molecular complexity index is 69.3. The van der Waals surface area contributed by atoms with E-state index in [0.29, 0.717) is 0 Å². The zero-order valence-corrected chi connectivity index (χ0v) is 10.9. The van der Waals surface area contributed by atoms with Crippen molar-refractivity contribution in [3.05, 3.63) is 0 Å². The molecule has 0 aliphatic rings. The van der Waals surface area contributed by atoms with Crippen molar-refractivity contribution in [3.8, 4) is 0 Å². The molecule has 0 unspecified atom stereocenters. The molecular formula is C10H24Ge. The van der Waals surface area contributed by atoms with Gasteiger partial charge < -0.3 is 0 Å². The van der Waals surface area contributed by atoms with E-state index in [1.54, 1.807) is 5.25 Å². The molecule has 0 spiro atoms. The van der Waals surface area contributed by atoms with Gasteiger partial charge in [0.25, 0.3) is 0 Å². The standard InChI is InChI=1S/C10H24Ge/c1-4-5-6-7-8-9-10-11(2)3/h11H,4-10H2,1-3H3. The summed E-state index contributed by atoms with van der Waals surface area (Å²) >= 11 is -0.626. The first-order valence-electron chi connectivity index (χ1n) is 5.27. The third-order valence-electron chi connectivity index (χ3n) is 2.14. The van der Waals surface area contributed by atoms with Gasteiger partial charge in [0.2, 0.25) is 0 Å². The zero-order chi connectivity index (χ0) is 8.53. The zero-order valence-electron chi connectivity index (χ0n) is 8.53. The molecule has 0 amide bonds. The summed E-state index contributed by atoms with van der Waals surface area (Å²) in [6.07, 6.45) is 8.82. The average molecular weight is 217 g/mol. The number of hydrogen-bond acceptors (Lipinski definition) is 0. The second kappa shape index (κ2) is 8.64. The van der Waals surface area contributed by atoms with Crippen LogP contribution in [0.2, 0.25) is 16.8 Å². The van der Waals surface area contributed by atoms with Crippen LogP contribution in [-0.2, 0) is 0 Å². The minimum atomic E-state index is -0.626. The molecule has 0 saturated heterocycles. The van der Waals surface area contributed by atoms with Crippen molar-refractivity contribution in [3.63, 3.8) is 0 Å². The van der Waals surface area contributed by atoms with Crippen molar-refractivity contribution in [2.45, 2.75) is 62.2 Å². The quantitative estimate of drug-likeness (QED) is 0.448. The molecule has 0 aromatic carbocycles. The van der Waals surface area contributed by atoms with E-state index in [1.807, 2.05) is 0 Å². The van der Waals surface area contributed by atoms with E-state index >= 15 is 0 Å². The summed E-state index contributed by atoms with van der Waals surface area (Å²) < 4.78 is 0. The van der Waals surface area contributed by atoms with Crippen LogP contribution in [0.3, 0.4) is 0 Å². The van der Waals surface area contributed by atoms with Gasteiger partial charge >= 0.3 is 76.6 Å². The van der Waals surface area contributed by atoms with Gasteiger partial charge in [-0.05, 0) is 0 Å². The molecule has 0 bridgehead atoms. The molecule has 0 saturated carbocycles. The van der Waals surface area contributed by atoms with Crippen molar-refractivity contribution in [2.24, 2.45) is 0 Å². The van der Waals surface area contributed by atoms with Gasteiger partial charge in [-0.3, -0.25) is 0 Å². The summed E-state index contributed by atoms with van der Waals surface area (Å²) in [7, 11) is 0. The molecule has 0 fully saturated rings. The fourth-order valence-corrected chi connectivity index (χ4v) is 3.65. The first kappa shape index (κ1) is 11.5. The van der Waals surface area contributed by atoms with Crippen molar-refractivity contribution >= 4 is 14.3 Å². The first-order chi connectivity index (χ1) is 5.27. The van der Waals surface area contributed by atoms with Crippen molar-refractivity contribution in [2.75, 3.05) is 0 Å². The van der Waals surface area contributed by atoms with Crippen LogP contribution in [0.5, 0.6) is 0 Å². The second-order valence-electron chi connectivity index (χ2n) is 3.95. The predicted octanol–water partition coefficient (Wildman–Crippen LogP) is 3.83. The first-order valence-corrected chi connectivity index (χ1v) is 11.8. The molecule has 68 valence electrons. The maximum absolute atomic E-state index is 2.50. The van der Waals surface area contributed by atoms with Gasteiger partial charge in [-0.15, -0.1) is 0 Å². The summed E-state index contributed by atoms with van der Waals surface area (Å²) in [5.41, 5.74) is 0. The Morgan fingerprint density at radius 3 is 1.91 bits per heavy atom. The molecule has 0 aromatic heterocycles. The summed E-state index contributed by atoms with van der Waals surface area (Å²) in [6.45, 7) is 2.28. The Balaban J connectivity index is 2.80. The Labute approximate surface area is 76.9 Å². The van der Waals surface area contributed by atoms with E-state index in [2.05, 4.69) is 18.4 Å². The molecule has 0 atom stereocenters. The Morgan fingerprint density at radius 1 is 0.818 bits per heavy atom. The van der Waals surface area contributed by atoms with Crippen molar-refractivity contribution < 1.29 is 0 Å². The van der Waals surface area contributed by atoms with Gasteiger partial charge in [0.05, 0.1) is 0 Å². The van der Waals surface area contributed by atoms with Crippen molar-refractivity contribution in [1.82, 2.24) is 0 Å². The number of hydrogen-bond donors (Lipinski definition) is 0. The Kier molecular flexibility index (Phi) is 9.06. The van der Waals surface area contributed by atoms with Crippen LogP contribution in [-0.4, -0.2) is 14.3 Å². The Hall–Kier alpha value is 0.543. The molecule has 0 N–H and O–H groups in total. The molecule has 0 heterocycles. The van der Waals surface area contributed by atoms with Crippen molar-refractivity contribution in [1.29, 1.82) is 0 Å². The van der Waals surface area contributed by atoms with E-state index in [1.165, 1.54) is 38.5 Å². The normalized spacial score (nSPS) is 10.9. The molecule has 1 heteroatoms. The molecule has 0 radical (unpaired) electrons. The summed E-state index contributed by atoms with van der Waals surface area (Å²) in [5, 5.41) is 1.61. The van der Waals surface area contributed by atoms with E-state index in [4.69, 9.17) is 0 Å². The number of rotatable bonds is 7. The fraction of sp³-hybridized carbons (Fsp3) is 1.00. The molecule has 0 nitrogen and oxygen atoms in total. The van der Waals surface area contributed by atoms with Crippen LogP contribution in [0, 0.1) is 0 Å². The summed E-state index contributed by atoms with van der Waals surface area (Å²) in [5.74, 6) is 5.00. The van der Waals surface area contributed by atoms with E-state index < -0.39 is 14.3 Å². The number of unbranched alkanes of at least 4 members (excludes halogenated alkanes) is 5. The molecule has 0 aromatic rings. The van der Waals surface area contributed by atoms with Gasteiger partial charge in [0.1, 0.15) is 0 Å². The monoisotopic (exact) mass is 218 g/mol. The van der Waals surface area contributed by atoms with Gasteiger partial charge in [0, 0.05) is 0 Å². The van der Waals surface area contributed by atoms with Gasteiger partial charge in [-0.2, -0.15) is 0 Å². The third-order valence-corrected chi connectivity index (χ3v) is 5.41. The minimum absolute atomic E-state index is 0.626.